The third-order valence-corrected chi connectivity index (χ3v) is 7.10. The van der Waals surface area contributed by atoms with E-state index in [4.69, 9.17) is 24.7 Å². The van der Waals surface area contributed by atoms with Gasteiger partial charge in [-0.25, -0.2) is 4.79 Å². The largest absolute Gasteiger partial charge is 0.475 e. The van der Waals surface area contributed by atoms with E-state index in [2.05, 4.69) is 16.0 Å². The van der Waals surface area contributed by atoms with Crippen LogP contribution in [-0.2, 0) is 40.0 Å². The molecule has 0 bridgehead atoms. The number of carboxylic acid groups (broad SMARTS) is 1. The molecule has 16 nitrogen and oxygen atoms in total. The van der Waals surface area contributed by atoms with Crippen molar-refractivity contribution in [2.75, 3.05) is 25.0 Å². The molecule has 1 aliphatic rings. The molecule has 0 saturated heterocycles. The van der Waals surface area contributed by atoms with Crippen LogP contribution in [0.1, 0.15) is 65.9 Å². The number of unbranched alkanes of at least 4 members (excludes halogenated alkanes) is 1. The SMILES string of the molecule is BC(=O)OCc1ccc(OC2OC(C(=O)O)=CC(O)[C@H]2O)c(NC(=O)CCNC(=O)[C@@H](N)CCCCNC(=O)C(C)(C)COC(C)(C)C)c1. The fraction of sp³-hybridized carbons (Fsp3) is 0.594. The number of aliphatic hydroxyl groups is 2. The maximum Gasteiger partial charge on any atom is 0.371 e. The number of carbonyl (C=O) groups excluding carboxylic acids is 4. The lowest BCUT2D eigenvalue weighted by Gasteiger charge is -2.31. The molecule has 1 aromatic rings. The average molecular weight is 693 g/mol. The Morgan fingerprint density at radius 1 is 1.04 bits per heavy atom. The first-order valence-corrected chi connectivity index (χ1v) is 16.0. The Morgan fingerprint density at radius 3 is 2.37 bits per heavy atom. The molecule has 49 heavy (non-hydrogen) atoms. The number of hydrogen-bond acceptors (Lipinski definition) is 12. The molecule has 1 heterocycles. The van der Waals surface area contributed by atoms with Gasteiger partial charge >= 0.3 is 5.97 Å². The minimum absolute atomic E-state index is 0.0487. The second-order valence-corrected chi connectivity index (χ2v) is 13.3. The van der Waals surface area contributed by atoms with Gasteiger partial charge in [-0.2, -0.15) is 0 Å². The van der Waals surface area contributed by atoms with Crippen molar-refractivity contribution in [1.29, 1.82) is 0 Å². The molecule has 17 heteroatoms. The Balaban J connectivity index is 1.87. The Kier molecular flexibility index (Phi) is 15.5. The van der Waals surface area contributed by atoms with Gasteiger partial charge in [-0.15, -0.1) is 0 Å². The number of ether oxygens (including phenoxy) is 4. The second kappa shape index (κ2) is 18.5. The van der Waals surface area contributed by atoms with Crippen LogP contribution in [0.15, 0.2) is 30.0 Å². The topological polar surface area (TPSA) is 245 Å². The first kappa shape index (κ1) is 41.0. The van der Waals surface area contributed by atoms with Crippen LogP contribution < -0.4 is 26.4 Å². The molecule has 272 valence electrons. The van der Waals surface area contributed by atoms with E-state index in [9.17, 15) is 39.3 Å². The highest BCUT2D eigenvalue weighted by molar-refractivity contribution is 6.55. The molecular weight excluding hydrogens is 643 g/mol. The molecule has 4 atom stereocenters. The van der Waals surface area contributed by atoms with Crippen LogP contribution in [0.4, 0.5) is 10.5 Å². The zero-order valence-corrected chi connectivity index (χ0v) is 28.9. The lowest BCUT2D eigenvalue weighted by molar-refractivity contribution is -0.172. The van der Waals surface area contributed by atoms with E-state index in [0.717, 1.165) is 6.08 Å². The van der Waals surface area contributed by atoms with Gasteiger partial charge in [-0.3, -0.25) is 19.2 Å². The third-order valence-electron chi connectivity index (χ3n) is 7.10. The monoisotopic (exact) mass is 692 g/mol. The summed E-state index contributed by atoms with van der Waals surface area (Å²) in [6.45, 7) is 9.91. The van der Waals surface area contributed by atoms with Crippen molar-refractivity contribution in [2.45, 2.75) is 97.0 Å². The van der Waals surface area contributed by atoms with Crippen LogP contribution in [0.25, 0.3) is 0 Å². The van der Waals surface area contributed by atoms with Crippen molar-refractivity contribution in [1.82, 2.24) is 10.6 Å². The van der Waals surface area contributed by atoms with Crippen molar-refractivity contribution < 1.29 is 58.2 Å². The van der Waals surface area contributed by atoms with Crippen LogP contribution in [0.2, 0.25) is 0 Å². The first-order chi connectivity index (χ1) is 22.8. The van der Waals surface area contributed by atoms with Crippen LogP contribution in [0.5, 0.6) is 5.75 Å². The van der Waals surface area contributed by atoms with Crippen molar-refractivity contribution in [3.05, 3.63) is 35.6 Å². The maximum atomic E-state index is 12.8. The van der Waals surface area contributed by atoms with E-state index in [-0.39, 0.29) is 49.1 Å². The van der Waals surface area contributed by atoms with E-state index >= 15 is 0 Å². The minimum atomic E-state index is -1.66. The standard InChI is InChI=1S/C32H49BN4O12/c1-31(2,3)47-17-32(4,5)29(44)36-12-7-6-8-19(34)26(41)35-13-11-24(39)37-20-14-18(16-46-30(33)45)9-10-22(20)48-28-25(40)21(38)15-23(49-28)27(42)43/h9-10,14-15,19,21,25,28,38,40H,6-8,11-13,16-17,33-34H2,1-5H3,(H,35,41)(H,36,44)(H,37,39)(H,42,43)/t19-,21?,25+,28?/m0/s1. The van der Waals surface area contributed by atoms with Crippen molar-refractivity contribution in [3.63, 3.8) is 0 Å². The van der Waals surface area contributed by atoms with Gasteiger partial charge in [0, 0.05) is 19.5 Å². The number of nitrogens with two attached hydrogens (primary N) is 1. The van der Waals surface area contributed by atoms with Crippen molar-refractivity contribution in [2.24, 2.45) is 11.1 Å². The van der Waals surface area contributed by atoms with Gasteiger partial charge in [-0.1, -0.05) is 6.07 Å². The Labute approximate surface area is 286 Å². The highest BCUT2D eigenvalue weighted by Crippen LogP contribution is 2.30. The van der Waals surface area contributed by atoms with Crippen LogP contribution in [-0.4, -0.2) is 103 Å². The zero-order chi connectivity index (χ0) is 36.9. The molecule has 8 N–H and O–H groups in total. The summed E-state index contributed by atoms with van der Waals surface area (Å²) in [5.74, 6) is -3.84. The molecule has 0 aliphatic carbocycles. The predicted molar refractivity (Wildman–Crippen MR) is 179 cm³/mol. The fourth-order valence-electron chi connectivity index (χ4n) is 4.21. The summed E-state index contributed by atoms with van der Waals surface area (Å²) in [4.78, 5) is 60.5. The van der Waals surface area contributed by atoms with Gasteiger partial charge in [0.2, 0.25) is 37.2 Å². The molecule has 0 radical (unpaired) electrons. The van der Waals surface area contributed by atoms with Crippen LogP contribution >= 0.6 is 0 Å². The lowest BCUT2D eigenvalue weighted by atomic mass is 9.93. The number of carboxylic acids is 1. The predicted octanol–water partition coefficient (Wildman–Crippen LogP) is 0.282. The number of nitrogens with one attached hydrogen (secondary N) is 3. The van der Waals surface area contributed by atoms with E-state index in [1.165, 1.54) is 26.0 Å². The van der Waals surface area contributed by atoms with Crippen LogP contribution in [0, 0.1) is 5.41 Å². The highest BCUT2D eigenvalue weighted by Gasteiger charge is 2.37. The lowest BCUT2D eigenvalue weighted by Crippen LogP contribution is -2.46. The zero-order valence-electron chi connectivity index (χ0n) is 28.9. The minimum Gasteiger partial charge on any atom is -0.475 e. The number of benzene rings is 1. The summed E-state index contributed by atoms with van der Waals surface area (Å²) < 4.78 is 21.5. The quantitative estimate of drug-likeness (QED) is 0.0809. The molecule has 3 amide bonds. The van der Waals surface area contributed by atoms with E-state index in [1.54, 1.807) is 0 Å². The highest BCUT2D eigenvalue weighted by atomic mass is 16.7. The molecule has 2 rings (SSSR count). The smallest absolute Gasteiger partial charge is 0.371 e. The van der Waals surface area contributed by atoms with Crippen LogP contribution in [0.3, 0.4) is 0 Å². The summed E-state index contributed by atoms with van der Waals surface area (Å²) in [6.07, 6.45) is -2.68. The summed E-state index contributed by atoms with van der Waals surface area (Å²) >= 11 is 0. The molecule has 0 saturated carbocycles. The molecule has 2 unspecified atom stereocenters. The molecular formula is C32H49BN4O12. The van der Waals surface area contributed by atoms with Gasteiger partial charge in [0.05, 0.1) is 29.4 Å². The number of carbonyl (C=O) groups is 5. The fourth-order valence-corrected chi connectivity index (χ4v) is 4.21. The van der Waals surface area contributed by atoms with Gasteiger partial charge in [-0.05, 0) is 77.7 Å². The van der Waals surface area contributed by atoms with E-state index in [0.29, 0.717) is 31.4 Å². The van der Waals surface area contributed by atoms with E-state index < -0.39 is 59.4 Å². The molecule has 0 fully saturated rings. The number of aliphatic hydroxyl groups excluding tert-OH is 2. The van der Waals surface area contributed by atoms with Gasteiger partial charge < -0.3 is 56.0 Å². The van der Waals surface area contributed by atoms with Gasteiger partial charge in [0.25, 0.3) is 6.29 Å². The summed E-state index contributed by atoms with van der Waals surface area (Å²) in [5.41, 5.74) is 5.49. The van der Waals surface area contributed by atoms with Crippen molar-refractivity contribution in [3.8, 4) is 5.75 Å². The van der Waals surface area contributed by atoms with Gasteiger partial charge in [0.1, 0.15) is 18.5 Å². The first-order valence-electron chi connectivity index (χ1n) is 16.0. The number of anilines is 1. The maximum absolute atomic E-state index is 12.8. The number of aliphatic carboxylic acids is 1. The number of amides is 3. The number of rotatable bonds is 18. The molecule has 0 aromatic heterocycles. The third kappa shape index (κ3) is 14.4. The summed E-state index contributed by atoms with van der Waals surface area (Å²) in [5, 5.41) is 37.7. The summed E-state index contributed by atoms with van der Waals surface area (Å²) in [7, 11) is 1.23. The summed E-state index contributed by atoms with van der Waals surface area (Å²) in [6, 6.07) is 3.50. The van der Waals surface area contributed by atoms with Gasteiger partial charge in [0.15, 0.2) is 6.10 Å². The molecule has 1 aliphatic heterocycles. The molecule has 0 spiro atoms. The Bertz CT molecular complexity index is 1360. The Hall–Kier alpha value is -4.19. The van der Waals surface area contributed by atoms with Crippen molar-refractivity contribution >= 4 is 43.1 Å². The normalized spacial score (nSPS) is 18.3. The molecule has 1 aromatic carbocycles. The average Bonchev–Trinajstić information content (AvgIpc) is 3.01. The Morgan fingerprint density at radius 2 is 1.73 bits per heavy atom. The second-order valence-electron chi connectivity index (χ2n) is 13.3. The number of hydrogen-bond donors (Lipinski definition) is 7. The van der Waals surface area contributed by atoms with E-state index in [1.807, 2.05) is 34.6 Å².